The first-order valence-electron chi connectivity index (χ1n) is 17.2. The topological polar surface area (TPSA) is 126 Å². The van der Waals surface area contributed by atoms with Crippen molar-refractivity contribution in [3.8, 4) is 28.3 Å². The Kier molecular flexibility index (Phi) is 10.2. The number of nitrogens with zero attached hydrogens (tertiary/aromatic N) is 1. The zero-order chi connectivity index (χ0) is 36.6. The number of carbonyl (C=O) groups is 2. The van der Waals surface area contributed by atoms with Crippen molar-refractivity contribution < 1.29 is 14.7 Å². The Hall–Kier alpha value is -7.21. The highest BCUT2D eigenvalue weighted by Gasteiger charge is 2.25. The molecule has 0 atom stereocenters. The highest BCUT2D eigenvalue weighted by Crippen LogP contribution is 2.36. The highest BCUT2D eigenvalue weighted by molar-refractivity contribution is 6.32. The van der Waals surface area contributed by atoms with Crippen LogP contribution in [-0.4, -0.2) is 23.5 Å². The molecule has 0 fully saturated rings. The molecule has 0 aliphatic carbocycles. The lowest BCUT2D eigenvalue weighted by Gasteiger charge is -2.09. The molecule has 0 saturated carbocycles. The van der Waals surface area contributed by atoms with Crippen LogP contribution in [0.4, 0.5) is 22.7 Å². The van der Waals surface area contributed by atoms with Crippen molar-refractivity contribution in [2.24, 2.45) is 0 Å². The molecule has 258 valence electrons. The lowest BCUT2D eigenvalue weighted by atomic mass is 10.0. The Bertz CT molecular complexity index is 2410. The van der Waals surface area contributed by atoms with E-state index in [1.807, 2.05) is 115 Å². The van der Waals surface area contributed by atoms with Crippen LogP contribution >= 0.6 is 0 Å². The monoisotopic (exact) mass is 693 g/mol. The van der Waals surface area contributed by atoms with Crippen molar-refractivity contribution in [2.45, 2.75) is 6.42 Å². The summed E-state index contributed by atoms with van der Waals surface area (Å²) in [5.74, 6) is -0.267. The number of anilines is 4. The number of rotatable bonds is 8. The summed E-state index contributed by atoms with van der Waals surface area (Å²) in [4.78, 5) is 24.8. The summed E-state index contributed by atoms with van der Waals surface area (Å²) in [7, 11) is 0. The Labute approximate surface area is 307 Å². The average Bonchev–Trinajstić information content (AvgIpc) is 3.70. The van der Waals surface area contributed by atoms with Gasteiger partial charge in [-0.25, -0.2) is 0 Å². The second kappa shape index (κ2) is 15.8. The number of amides is 2. The van der Waals surface area contributed by atoms with E-state index in [1.165, 1.54) is 0 Å². The van der Waals surface area contributed by atoms with Crippen LogP contribution < -0.4 is 21.3 Å². The van der Waals surface area contributed by atoms with Crippen LogP contribution in [-0.2, 0) is 16.0 Å². The molecule has 6 aromatic carbocycles. The first-order valence-corrected chi connectivity index (χ1v) is 17.2. The Morgan fingerprint density at radius 3 is 1.70 bits per heavy atom. The van der Waals surface area contributed by atoms with Gasteiger partial charge in [0.05, 0.1) is 22.8 Å². The zero-order valence-electron chi connectivity index (χ0n) is 28.6. The molecule has 2 heterocycles. The molecule has 8 heteroatoms. The minimum atomic E-state index is -0.144. The van der Waals surface area contributed by atoms with Crippen molar-refractivity contribution in [3.05, 3.63) is 180 Å². The fraction of sp³-hybridized carbons (Fsp3) is 0.0444. The van der Waals surface area contributed by atoms with Gasteiger partial charge in [0.25, 0.3) is 11.8 Å². The van der Waals surface area contributed by atoms with E-state index in [2.05, 4.69) is 39.5 Å². The van der Waals surface area contributed by atoms with Crippen LogP contribution in [0.3, 0.4) is 0 Å². The fourth-order valence-corrected chi connectivity index (χ4v) is 6.28. The Morgan fingerprint density at radius 2 is 1.13 bits per heavy atom. The molecular formula is C45H35N5O3. The first-order chi connectivity index (χ1) is 26.0. The van der Waals surface area contributed by atoms with Gasteiger partial charge in [-0.1, -0.05) is 109 Å². The van der Waals surface area contributed by atoms with Crippen LogP contribution in [0.5, 0.6) is 0 Å². The number of aliphatic hydroxyl groups excluding tert-OH is 1. The van der Waals surface area contributed by atoms with E-state index in [0.717, 1.165) is 61.7 Å². The van der Waals surface area contributed by atoms with Crippen LogP contribution in [0.25, 0.3) is 33.4 Å². The summed E-state index contributed by atoms with van der Waals surface area (Å²) in [6.07, 6.45) is 3.98. The van der Waals surface area contributed by atoms with Gasteiger partial charge < -0.3 is 26.4 Å². The Balaban J connectivity index is 0.000000164. The van der Waals surface area contributed by atoms with Gasteiger partial charge in [0.2, 0.25) is 0 Å². The maximum Gasteiger partial charge on any atom is 0.257 e. The number of para-hydroxylation sites is 1. The number of nitrogens with one attached hydrogen (secondary N) is 4. The minimum Gasteiger partial charge on any atom is -0.396 e. The SMILES string of the molecule is N#Cc1cccc(NC=C2C(=O)Nc3cc(-c4ccccc4)ccc32)c1.O=C1Nc2cc(-c3ccccc3)ccc2C1=CNc1ccccc1CCO. The quantitative estimate of drug-likeness (QED) is 0.101. The number of nitriles is 1. The third-order valence-corrected chi connectivity index (χ3v) is 8.96. The van der Waals surface area contributed by atoms with Gasteiger partial charge in [-0.2, -0.15) is 5.26 Å². The van der Waals surface area contributed by atoms with Crippen molar-refractivity contribution in [1.82, 2.24) is 0 Å². The minimum absolute atomic E-state index is 0.0842. The van der Waals surface area contributed by atoms with Gasteiger partial charge >= 0.3 is 0 Å². The molecule has 0 saturated heterocycles. The molecule has 2 aliphatic heterocycles. The molecular weight excluding hydrogens is 659 g/mol. The predicted octanol–water partition coefficient (Wildman–Crippen LogP) is 8.92. The largest absolute Gasteiger partial charge is 0.396 e. The van der Waals surface area contributed by atoms with Gasteiger partial charge in [0.15, 0.2) is 0 Å². The second-order valence-electron chi connectivity index (χ2n) is 12.4. The molecule has 2 aliphatic rings. The summed E-state index contributed by atoms with van der Waals surface area (Å²) in [6.45, 7) is 0.0842. The maximum absolute atomic E-state index is 12.5. The molecule has 0 aromatic heterocycles. The van der Waals surface area contributed by atoms with Crippen LogP contribution in [0.1, 0.15) is 22.3 Å². The fourth-order valence-electron chi connectivity index (χ4n) is 6.28. The Morgan fingerprint density at radius 1 is 0.585 bits per heavy atom. The average molecular weight is 694 g/mol. The van der Waals surface area contributed by atoms with Crippen molar-refractivity contribution in [2.75, 3.05) is 27.9 Å². The van der Waals surface area contributed by atoms with E-state index in [-0.39, 0.29) is 18.4 Å². The molecule has 0 unspecified atom stereocenters. The first kappa shape index (κ1) is 34.2. The summed E-state index contributed by atoms with van der Waals surface area (Å²) >= 11 is 0. The van der Waals surface area contributed by atoms with Gasteiger partial charge in [-0.15, -0.1) is 0 Å². The van der Waals surface area contributed by atoms with E-state index < -0.39 is 0 Å². The van der Waals surface area contributed by atoms with Crippen molar-refractivity contribution in [1.29, 1.82) is 5.26 Å². The zero-order valence-corrected chi connectivity index (χ0v) is 28.6. The third-order valence-electron chi connectivity index (χ3n) is 8.96. The molecule has 5 N–H and O–H groups in total. The third kappa shape index (κ3) is 7.76. The molecule has 53 heavy (non-hydrogen) atoms. The van der Waals surface area contributed by atoms with Crippen molar-refractivity contribution >= 4 is 45.7 Å². The van der Waals surface area contributed by atoms with Crippen LogP contribution in [0.2, 0.25) is 0 Å². The lowest BCUT2D eigenvalue weighted by molar-refractivity contribution is -0.111. The number of hydrogen-bond donors (Lipinski definition) is 5. The number of hydrogen-bond acceptors (Lipinski definition) is 6. The summed E-state index contributed by atoms with van der Waals surface area (Å²) in [5.41, 5.74) is 12.1. The van der Waals surface area contributed by atoms with E-state index >= 15 is 0 Å². The summed E-state index contributed by atoms with van der Waals surface area (Å²) in [5, 5.41) is 30.4. The summed E-state index contributed by atoms with van der Waals surface area (Å²) in [6, 6.07) is 49.1. The number of fused-ring (bicyclic) bond motifs is 2. The predicted molar refractivity (Wildman–Crippen MR) is 213 cm³/mol. The summed E-state index contributed by atoms with van der Waals surface area (Å²) < 4.78 is 0. The van der Waals surface area contributed by atoms with Crippen molar-refractivity contribution in [3.63, 3.8) is 0 Å². The standard InChI is InChI=1S/C23H20N2O2.C22H15N3O/c26-13-12-17-8-4-5-9-21(17)24-15-20-19-11-10-18(14-22(19)25-23(20)27)16-6-2-1-3-7-16;23-13-15-5-4-8-18(11-15)24-14-20-19-10-9-17(12-21(19)25-22(20)26)16-6-2-1-3-7-16/h1-11,14-15,24,26H,12-13H2,(H,25,27);1-12,14,24H,(H,25,26). The smallest absolute Gasteiger partial charge is 0.257 e. The van der Waals surface area contributed by atoms with Gasteiger partial charge in [-0.3, -0.25) is 9.59 Å². The second-order valence-corrected chi connectivity index (χ2v) is 12.4. The number of aliphatic hydroxyl groups is 1. The van der Waals surface area contributed by atoms with Crippen LogP contribution in [0.15, 0.2) is 158 Å². The van der Waals surface area contributed by atoms with Crippen LogP contribution in [0, 0.1) is 11.3 Å². The van der Waals surface area contributed by atoms with E-state index in [0.29, 0.717) is 23.1 Å². The van der Waals surface area contributed by atoms with E-state index in [4.69, 9.17) is 5.26 Å². The van der Waals surface area contributed by atoms with E-state index in [1.54, 1.807) is 30.6 Å². The van der Waals surface area contributed by atoms with E-state index in [9.17, 15) is 14.7 Å². The molecule has 0 radical (unpaired) electrons. The maximum atomic E-state index is 12.5. The lowest BCUT2D eigenvalue weighted by Crippen LogP contribution is -2.06. The molecule has 6 aromatic rings. The molecule has 0 spiro atoms. The number of carbonyl (C=O) groups excluding carboxylic acids is 2. The van der Waals surface area contributed by atoms with Gasteiger partial charge in [0.1, 0.15) is 0 Å². The van der Waals surface area contributed by atoms with Gasteiger partial charge in [-0.05, 0) is 70.6 Å². The number of benzene rings is 6. The molecule has 8 nitrogen and oxygen atoms in total. The molecule has 8 rings (SSSR count). The normalized spacial score (nSPS) is 14.0. The van der Waals surface area contributed by atoms with Gasteiger partial charge in [0, 0.05) is 52.9 Å². The molecule has 2 amide bonds. The highest BCUT2D eigenvalue weighted by atomic mass is 16.3. The molecule has 0 bridgehead atoms.